The fourth-order valence-corrected chi connectivity index (χ4v) is 4.94. The first-order chi connectivity index (χ1) is 18.1. The van der Waals surface area contributed by atoms with Crippen LogP contribution in [0, 0.1) is 6.92 Å². The first-order valence-electron chi connectivity index (χ1n) is 11.2. The number of imidazole rings is 1. The van der Waals surface area contributed by atoms with Gasteiger partial charge < -0.3 is 5.73 Å². The lowest BCUT2D eigenvalue weighted by Crippen LogP contribution is -2.26. The number of pyridine rings is 1. The van der Waals surface area contributed by atoms with E-state index in [9.17, 15) is 39.3 Å². The van der Waals surface area contributed by atoms with Crippen LogP contribution >= 0.6 is 11.3 Å². The minimum absolute atomic E-state index is 0. The molecule has 1 aromatic carbocycles. The Kier molecular flexibility index (Phi) is 8.51. The lowest BCUT2D eigenvalue weighted by molar-refractivity contribution is -0.141. The Labute approximate surface area is 229 Å². The molecule has 3 aromatic heterocycles. The summed E-state index contributed by atoms with van der Waals surface area (Å²) in [6, 6.07) is 5.57. The normalized spacial score (nSPS) is 12.7. The molecule has 0 atom stereocenters. The van der Waals surface area contributed by atoms with Gasteiger partial charge in [-0.05, 0) is 63.1 Å². The van der Waals surface area contributed by atoms with E-state index >= 15 is 0 Å². The van der Waals surface area contributed by atoms with Crippen LogP contribution in [0.3, 0.4) is 0 Å². The highest BCUT2D eigenvalue weighted by Gasteiger charge is 2.34. The third-order valence-electron chi connectivity index (χ3n) is 4.70. The molecule has 0 aliphatic heterocycles. The highest BCUT2D eigenvalue weighted by molar-refractivity contribution is 7.88. The van der Waals surface area contributed by atoms with Crippen LogP contribution < -0.4 is 5.73 Å². The Morgan fingerprint density at radius 2 is 1.50 bits per heavy atom. The molecule has 0 bridgehead atoms. The molecule has 8 nitrogen and oxygen atoms in total. The van der Waals surface area contributed by atoms with Gasteiger partial charge >= 0.3 is 22.5 Å². The minimum Gasteiger partial charge on any atom is -0.326 e. The van der Waals surface area contributed by atoms with Crippen molar-refractivity contribution in [2.24, 2.45) is 5.73 Å². The van der Waals surface area contributed by atoms with Crippen LogP contribution in [0.2, 0.25) is 0 Å². The van der Waals surface area contributed by atoms with Gasteiger partial charge in [0.2, 0.25) is 0 Å². The number of aromatic nitrogens is 4. The molecule has 0 spiro atoms. The van der Waals surface area contributed by atoms with Gasteiger partial charge in [0.05, 0.1) is 11.3 Å². The lowest BCUT2D eigenvalue weighted by Gasteiger charge is -2.13. The molecule has 0 aliphatic carbocycles. The summed E-state index contributed by atoms with van der Waals surface area (Å²) in [5.41, 5.74) is 3.30. The summed E-state index contributed by atoms with van der Waals surface area (Å²) in [7, 11) is -4.52. The van der Waals surface area contributed by atoms with Crippen molar-refractivity contribution in [3.8, 4) is 27.6 Å². The summed E-state index contributed by atoms with van der Waals surface area (Å²) < 4.78 is 112. The molecule has 16 heteroatoms. The van der Waals surface area contributed by atoms with Crippen molar-refractivity contribution in [3.05, 3.63) is 65.9 Å². The third kappa shape index (κ3) is 8.09. The molecular formula is C24H23F6N5O3S2. The fourth-order valence-electron chi connectivity index (χ4n) is 3.10. The monoisotopic (exact) mass is 607 g/mol. The van der Waals surface area contributed by atoms with E-state index < -0.39 is 37.9 Å². The van der Waals surface area contributed by atoms with Crippen molar-refractivity contribution in [1.82, 2.24) is 19.5 Å². The Morgan fingerprint density at radius 1 is 0.925 bits per heavy atom. The van der Waals surface area contributed by atoms with Crippen molar-refractivity contribution in [3.63, 3.8) is 0 Å². The van der Waals surface area contributed by atoms with E-state index in [0.717, 1.165) is 35.2 Å². The molecule has 0 unspecified atom stereocenters. The maximum atomic E-state index is 13.5. The predicted octanol–water partition coefficient (Wildman–Crippen LogP) is 6.39. The van der Waals surface area contributed by atoms with Gasteiger partial charge in [0, 0.05) is 11.7 Å². The topological polar surface area (TPSA) is 124 Å². The second-order valence-corrected chi connectivity index (χ2v) is 12.2. The number of thiazole rings is 1. The largest absolute Gasteiger partial charge is 0.433 e. The van der Waals surface area contributed by atoms with Crippen LogP contribution in [0.15, 0.2) is 53.1 Å². The highest BCUT2D eigenvalue weighted by atomic mass is 32.3. The van der Waals surface area contributed by atoms with Gasteiger partial charge in [0.1, 0.15) is 28.5 Å². The van der Waals surface area contributed by atoms with Crippen molar-refractivity contribution >= 4 is 21.5 Å². The first-order valence-corrected chi connectivity index (χ1v) is 13.4. The zero-order chi connectivity index (χ0) is 30.3. The van der Waals surface area contributed by atoms with Crippen molar-refractivity contribution < 1.29 is 39.3 Å². The number of rotatable bonds is 4. The van der Waals surface area contributed by atoms with Gasteiger partial charge in [-0.25, -0.2) is 15.0 Å². The van der Waals surface area contributed by atoms with Gasteiger partial charge in [-0.15, -0.1) is 0 Å². The number of alkyl halides is 6. The second-order valence-electron chi connectivity index (χ2n) is 9.57. The molecule has 216 valence electrons. The Hall–Kier alpha value is -3.34. The Bertz CT molecular complexity index is 1600. The molecule has 4 rings (SSSR count). The number of hydrogen-bond acceptors (Lipinski definition) is 7. The number of benzene rings is 1. The summed E-state index contributed by atoms with van der Waals surface area (Å²) in [5.74, 6) is -0.239. The zero-order valence-corrected chi connectivity index (χ0v) is 23.0. The number of aryl methyl sites for hydroxylation is 1. The molecule has 0 aliphatic rings. The van der Waals surface area contributed by atoms with E-state index in [1.807, 2.05) is 20.8 Å². The van der Waals surface area contributed by atoms with Crippen LogP contribution in [0.1, 0.15) is 37.7 Å². The molecule has 40 heavy (non-hydrogen) atoms. The van der Waals surface area contributed by atoms with Crippen LogP contribution in [-0.4, -0.2) is 38.0 Å². The molecule has 0 saturated heterocycles. The average molecular weight is 608 g/mol. The summed E-state index contributed by atoms with van der Waals surface area (Å²) in [4.78, 5) is 11.6. The smallest absolute Gasteiger partial charge is 0.326 e. The SMILES string of the molecule is CC(C)(C)N.Cc1nc(-c2cn(-c3cc(-c4ccc(C(F)(F)F)cc4)cc(C(F)(F)F)n3)cn2)sc1S(=O)(=O)O. The van der Waals surface area contributed by atoms with Crippen LogP contribution in [0.5, 0.6) is 0 Å². The quantitative estimate of drug-likeness (QED) is 0.203. The van der Waals surface area contributed by atoms with Crippen molar-refractivity contribution in [1.29, 1.82) is 0 Å². The molecular weight excluding hydrogens is 584 g/mol. The van der Waals surface area contributed by atoms with E-state index in [1.165, 1.54) is 19.2 Å². The molecule has 0 radical (unpaired) electrons. The van der Waals surface area contributed by atoms with E-state index in [4.69, 9.17) is 5.73 Å². The fraction of sp³-hybridized carbons (Fsp3) is 0.292. The third-order valence-corrected chi connectivity index (χ3v) is 7.32. The number of nitrogens with zero attached hydrogens (tertiary/aromatic N) is 4. The van der Waals surface area contributed by atoms with E-state index in [1.54, 1.807) is 0 Å². The van der Waals surface area contributed by atoms with Gasteiger partial charge in [-0.3, -0.25) is 9.12 Å². The standard InChI is InChI=1S/C20H12F6N4O3S2.C4H11N/c1-10-18(35(31,32)33)34-17(28-10)14-8-30(9-27-14)16-7-12(6-15(29-16)20(24,25)26)11-2-4-13(5-3-11)19(21,22)23;1-4(2,3)5/h2-9H,1H3,(H,31,32,33);5H2,1-3H3. The van der Waals surface area contributed by atoms with E-state index in [-0.39, 0.29) is 38.9 Å². The molecule has 3 N–H and O–H groups in total. The predicted molar refractivity (Wildman–Crippen MR) is 136 cm³/mol. The molecule has 3 heterocycles. The molecule has 4 aromatic rings. The van der Waals surface area contributed by atoms with E-state index in [0.29, 0.717) is 17.4 Å². The van der Waals surface area contributed by atoms with Crippen LogP contribution in [0.4, 0.5) is 26.3 Å². The average Bonchev–Trinajstić information content (AvgIpc) is 3.43. The van der Waals surface area contributed by atoms with Gasteiger partial charge in [-0.2, -0.15) is 34.8 Å². The summed E-state index contributed by atoms with van der Waals surface area (Å²) >= 11 is 0.622. The van der Waals surface area contributed by atoms with Gasteiger partial charge in [0.15, 0.2) is 4.21 Å². The Balaban J connectivity index is 0.000000810. The van der Waals surface area contributed by atoms with Crippen molar-refractivity contribution in [2.45, 2.75) is 49.8 Å². The number of halogens is 6. The summed E-state index contributed by atoms with van der Waals surface area (Å²) in [5, 5.41) is 0.0869. The number of nitrogens with two attached hydrogens (primary N) is 1. The number of hydrogen-bond donors (Lipinski definition) is 2. The Morgan fingerprint density at radius 3 is 1.98 bits per heavy atom. The molecule has 0 amide bonds. The summed E-state index contributed by atoms with van der Waals surface area (Å²) in [6.45, 7) is 7.25. The zero-order valence-electron chi connectivity index (χ0n) is 21.3. The highest BCUT2D eigenvalue weighted by Crippen LogP contribution is 2.35. The maximum Gasteiger partial charge on any atom is 0.433 e. The second kappa shape index (κ2) is 10.9. The lowest BCUT2D eigenvalue weighted by atomic mass is 10.0. The van der Waals surface area contributed by atoms with Gasteiger partial charge in [0.25, 0.3) is 0 Å². The maximum absolute atomic E-state index is 13.5. The first kappa shape index (κ1) is 31.2. The van der Waals surface area contributed by atoms with E-state index in [2.05, 4.69) is 15.0 Å². The summed E-state index contributed by atoms with van der Waals surface area (Å²) in [6.07, 6.45) is -7.07. The molecule has 0 saturated carbocycles. The molecule has 0 fully saturated rings. The minimum atomic E-state index is -4.85. The van der Waals surface area contributed by atoms with Crippen LogP contribution in [0.25, 0.3) is 27.6 Å². The van der Waals surface area contributed by atoms with Crippen molar-refractivity contribution in [2.75, 3.05) is 0 Å². The van der Waals surface area contributed by atoms with Gasteiger partial charge in [-0.1, -0.05) is 23.5 Å². The van der Waals surface area contributed by atoms with Crippen LogP contribution in [-0.2, 0) is 22.5 Å².